The maximum atomic E-state index is 9.60. The minimum atomic E-state index is -0.318. The number of nitrogens with one attached hydrogen (secondary N) is 1. The maximum absolute atomic E-state index is 9.60. The summed E-state index contributed by atoms with van der Waals surface area (Å²) in [5.74, 6) is 2.70. The molecule has 0 spiro atoms. The van der Waals surface area contributed by atoms with Gasteiger partial charge in [-0.15, -0.1) is 6.42 Å². The van der Waals surface area contributed by atoms with E-state index in [9.17, 15) is 4.79 Å². The van der Waals surface area contributed by atoms with Gasteiger partial charge in [-0.05, 0) is 34.6 Å². The molecule has 1 saturated heterocycles. The number of hydrogen-bond acceptors (Lipinski definition) is 4. The molecular formula is C14H26N2O2. The molecule has 18 heavy (non-hydrogen) atoms. The van der Waals surface area contributed by atoms with Gasteiger partial charge in [-0.2, -0.15) is 0 Å². The van der Waals surface area contributed by atoms with E-state index in [0.29, 0.717) is 18.6 Å². The first-order valence-electron chi connectivity index (χ1n) is 6.33. The normalized spacial score (nSPS) is 24.4. The highest BCUT2D eigenvalue weighted by molar-refractivity contribution is 5.37. The average molecular weight is 254 g/mol. The first-order chi connectivity index (χ1) is 8.31. The molecular weight excluding hydrogens is 228 g/mol. The van der Waals surface area contributed by atoms with Gasteiger partial charge in [0, 0.05) is 25.2 Å². The number of carbonyl (C=O) groups is 1. The van der Waals surface area contributed by atoms with Gasteiger partial charge in [0.25, 0.3) is 6.47 Å². The molecule has 1 fully saturated rings. The fraction of sp³-hybridized carbons (Fsp3) is 0.786. The third-order valence-corrected chi connectivity index (χ3v) is 2.69. The molecule has 4 nitrogen and oxygen atoms in total. The lowest BCUT2D eigenvalue weighted by atomic mass is 10.1. The smallest absolute Gasteiger partial charge is 0.293 e. The van der Waals surface area contributed by atoms with Crippen LogP contribution < -0.4 is 5.32 Å². The Morgan fingerprint density at radius 1 is 1.39 bits per heavy atom. The predicted octanol–water partition coefficient (Wildman–Crippen LogP) is 1.26. The molecule has 0 aromatic heterocycles. The molecule has 0 radical (unpaired) electrons. The van der Waals surface area contributed by atoms with Crippen molar-refractivity contribution in [3.8, 4) is 12.3 Å². The highest BCUT2D eigenvalue weighted by atomic mass is 16.5. The lowest BCUT2D eigenvalue weighted by Crippen LogP contribution is -2.54. The average Bonchev–Trinajstić information content (AvgIpc) is 2.23. The predicted molar refractivity (Wildman–Crippen MR) is 74.2 cm³/mol. The van der Waals surface area contributed by atoms with E-state index in [1.165, 1.54) is 0 Å². The van der Waals surface area contributed by atoms with Crippen LogP contribution in [0.15, 0.2) is 0 Å². The van der Waals surface area contributed by atoms with Crippen molar-refractivity contribution < 1.29 is 9.53 Å². The molecule has 0 aliphatic carbocycles. The molecule has 2 unspecified atom stereocenters. The van der Waals surface area contributed by atoms with Crippen LogP contribution in [0.25, 0.3) is 0 Å². The molecule has 1 heterocycles. The summed E-state index contributed by atoms with van der Waals surface area (Å²) in [5, 5.41) is 3.36. The Balaban J connectivity index is 0.000000360. The Bertz CT molecular complexity index is 268. The summed E-state index contributed by atoms with van der Waals surface area (Å²) in [6.07, 6.45) is 5.27. The van der Waals surface area contributed by atoms with Crippen molar-refractivity contribution in [3.63, 3.8) is 0 Å². The zero-order valence-electron chi connectivity index (χ0n) is 12.2. The molecule has 1 aliphatic rings. The lowest BCUT2D eigenvalue weighted by Gasteiger charge is -2.38. The summed E-state index contributed by atoms with van der Waals surface area (Å²) in [4.78, 5) is 12.0. The molecule has 1 aliphatic heterocycles. The van der Waals surface area contributed by atoms with Gasteiger partial charge in [-0.1, -0.05) is 5.92 Å². The molecule has 4 heteroatoms. The van der Waals surface area contributed by atoms with Crippen LogP contribution in [0.1, 0.15) is 34.6 Å². The first kappa shape index (κ1) is 16.9. The topological polar surface area (TPSA) is 41.6 Å². The van der Waals surface area contributed by atoms with Gasteiger partial charge in [0.2, 0.25) is 0 Å². The van der Waals surface area contributed by atoms with E-state index in [4.69, 9.17) is 6.42 Å². The van der Waals surface area contributed by atoms with Crippen molar-refractivity contribution in [1.82, 2.24) is 10.2 Å². The molecule has 2 atom stereocenters. The zero-order valence-corrected chi connectivity index (χ0v) is 12.2. The van der Waals surface area contributed by atoms with Crippen molar-refractivity contribution in [2.45, 2.75) is 52.3 Å². The SMILES string of the molecule is C#CCN1C(C)CNCC1C.CC(C)(C)OC=O. The molecule has 0 aromatic rings. The highest BCUT2D eigenvalue weighted by Crippen LogP contribution is 2.07. The van der Waals surface area contributed by atoms with Crippen molar-refractivity contribution in [1.29, 1.82) is 0 Å². The molecule has 0 aromatic carbocycles. The summed E-state index contributed by atoms with van der Waals surface area (Å²) in [7, 11) is 0. The van der Waals surface area contributed by atoms with Gasteiger partial charge in [-0.3, -0.25) is 9.69 Å². The summed E-state index contributed by atoms with van der Waals surface area (Å²) in [5.41, 5.74) is -0.318. The van der Waals surface area contributed by atoms with Crippen molar-refractivity contribution >= 4 is 6.47 Å². The number of nitrogens with zero attached hydrogens (tertiary/aromatic N) is 1. The quantitative estimate of drug-likeness (QED) is 0.595. The molecule has 0 saturated carbocycles. The van der Waals surface area contributed by atoms with Crippen LogP contribution in [0.4, 0.5) is 0 Å². The van der Waals surface area contributed by atoms with Gasteiger partial charge in [0.05, 0.1) is 6.54 Å². The third-order valence-electron chi connectivity index (χ3n) is 2.69. The standard InChI is InChI=1S/C9H16N2.C5H10O2/c1-4-5-11-8(2)6-10-7-9(11)3;1-5(2,3)7-4-6/h1,8-10H,5-7H2,2-3H3;4H,1-3H3. The summed E-state index contributed by atoms with van der Waals surface area (Å²) < 4.78 is 4.55. The Kier molecular flexibility index (Phi) is 7.65. The molecule has 1 rings (SSSR count). The summed E-state index contributed by atoms with van der Waals surface area (Å²) >= 11 is 0. The molecule has 0 bridgehead atoms. The molecule has 104 valence electrons. The number of piperazine rings is 1. The van der Waals surface area contributed by atoms with Gasteiger partial charge in [-0.25, -0.2) is 0 Å². The van der Waals surface area contributed by atoms with Gasteiger partial charge in [0.1, 0.15) is 5.60 Å². The van der Waals surface area contributed by atoms with Gasteiger partial charge < -0.3 is 10.1 Å². The van der Waals surface area contributed by atoms with Crippen LogP contribution in [0.3, 0.4) is 0 Å². The summed E-state index contributed by atoms with van der Waals surface area (Å²) in [6.45, 7) is 13.2. The second-order valence-corrected chi connectivity index (χ2v) is 5.56. The number of terminal acetylenes is 1. The van der Waals surface area contributed by atoms with Crippen LogP contribution in [0.5, 0.6) is 0 Å². The van der Waals surface area contributed by atoms with E-state index in [0.717, 1.165) is 19.6 Å². The molecule has 1 N–H and O–H groups in total. The fourth-order valence-electron chi connectivity index (χ4n) is 1.73. The van der Waals surface area contributed by atoms with Crippen LogP contribution in [-0.4, -0.2) is 48.7 Å². The van der Waals surface area contributed by atoms with Crippen LogP contribution in [0.2, 0.25) is 0 Å². The maximum Gasteiger partial charge on any atom is 0.293 e. The Hall–Kier alpha value is -1.05. The monoisotopic (exact) mass is 254 g/mol. The van der Waals surface area contributed by atoms with Gasteiger partial charge in [0.15, 0.2) is 0 Å². The minimum absolute atomic E-state index is 0.318. The third kappa shape index (κ3) is 7.31. The largest absolute Gasteiger partial charge is 0.462 e. The fourth-order valence-corrected chi connectivity index (χ4v) is 1.73. The van der Waals surface area contributed by atoms with E-state index < -0.39 is 0 Å². The molecule has 0 amide bonds. The number of ether oxygens (including phenoxy) is 1. The first-order valence-corrected chi connectivity index (χ1v) is 6.33. The summed E-state index contributed by atoms with van der Waals surface area (Å²) in [6, 6.07) is 1.16. The van der Waals surface area contributed by atoms with Crippen LogP contribution >= 0.6 is 0 Å². The Morgan fingerprint density at radius 2 is 1.89 bits per heavy atom. The van der Waals surface area contributed by atoms with Gasteiger partial charge >= 0.3 is 0 Å². The van der Waals surface area contributed by atoms with E-state index in [1.54, 1.807) is 0 Å². The number of hydrogen-bond donors (Lipinski definition) is 1. The van der Waals surface area contributed by atoms with E-state index in [1.807, 2.05) is 20.8 Å². The van der Waals surface area contributed by atoms with E-state index >= 15 is 0 Å². The van der Waals surface area contributed by atoms with Crippen molar-refractivity contribution in [2.75, 3.05) is 19.6 Å². The van der Waals surface area contributed by atoms with Crippen molar-refractivity contribution in [3.05, 3.63) is 0 Å². The minimum Gasteiger partial charge on any atom is -0.462 e. The van der Waals surface area contributed by atoms with E-state index in [-0.39, 0.29) is 5.60 Å². The second-order valence-electron chi connectivity index (χ2n) is 5.56. The van der Waals surface area contributed by atoms with E-state index in [2.05, 4.69) is 34.7 Å². The second kappa shape index (κ2) is 8.12. The number of rotatable bonds is 2. The van der Waals surface area contributed by atoms with Crippen molar-refractivity contribution in [2.24, 2.45) is 0 Å². The Labute approximate surface area is 111 Å². The van der Waals surface area contributed by atoms with Crippen LogP contribution in [0, 0.1) is 12.3 Å². The van der Waals surface area contributed by atoms with Crippen LogP contribution in [-0.2, 0) is 9.53 Å². The Morgan fingerprint density at radius 3 is 2.17 bits per heavy atom. The highest BCUT2D eigenvalue weighted by Gasteiger charge is 2.22. The number of carbonyl (C=O) groups excluding carboxylic acids is 1. The zero-order chi connectivity index (χ0) is 14.2. The lowest BCUT2D eigenvalue weighted by molar-refractivity contribution is -0.138.